The van der Waals surface area contributed by atoms with Gasteiger partial charge < -0.3 is 0 Å². The van der Waals surface area contributed by atoms with E-state index >= 15 is 0 Å². The molecular formula is C56H120Br2P2. The Balaban J connectivity index is 0. The Morgan fingerprint density at radius 2 is 0.283 bits per heavy atom. The molecule has 0 rings (SSSR count). The fourth-order valence-electron chi connectivity index (χ4n) is 10.1. The Labute approximate surface area is 400 Å². The van der Waals surface area contributed by atoms with Crippen LogP contribution in [0.5, 0.6) is 0 Å². The summed E-state index contributed by atoms with van der Waals surface area (Å²) < 4.78 is 0. The van der Waals surface area contributed by atoms with Crippen LogP contribution in [0.3, 0.4) is 0 Å². The van der Waals surface area contributed by atoms with Gasteiger partial charge in [-0.1, -0.05) is 52.4 Å². The zero-order chi connectivity index (χ0) is 44.8. The summed E-state index contributed by atoms with van der Waals surface area (Å²) in [5.74, 6) is 0. The zero-order valence-corrected chi connectivity index (χ0v) is 48.6. The average Bonchev–Trinajstić information content (AvgIpc) is 3.26. The van der Waals surface area contributed by atoms with Gasteiger partial charge in [0.1, 0.15) is 0 Å². The van der Waals surface area contributed by atoms with Gasteiger partial charge in [-0.25, -0.2) is 0 Å². The second-order valence-corrected chi connectivity index (χ2v) is 43.6. The molecule has 0 N–H and O–H groups in total. The van der Waals surface area contributed by atoms with Gasteiger partial charge in [-0.15, -0.1) is 0 Å². The minimum atomic E-state index is -1.64. The van der Waals surface area contributed by atoms with Crippen molar-refractivity contribution < 1.29 is 0 Å². The summed E-state index contributed by atoms with van der Waals surface area (Å²) in [7, 11) is 0. The molecule has 0 aliphatic carbocycles. The molecule has 0 spiro atoms. The third-order valence-corrected chi connectivity index (χ3v) is 34.5. The van der Waals surface area contributed by atoms with Gasteiger partial charge in [0.05, 0.1) is 0 Å². The van der Waals surface area contributed by atoms with Crippen LogP contribution >= 0.6 is 41.6 Å². The summed E-state index contributed by atoms with van der Waals surface area (Å²) in [5.41, 5.74) is 0. The maximum atomic E-state index is 4.56. The molecule has 0 bridgehead atoms. The van der Waals surface area contributed by atoms with Gasteiger partial charge in [-0.2, -0.15) is 0 Å². The Hall–Kier alpha value is 1.82. The SMILES string of the molecule is CCCCCCCCCCCCCCCCP(Br)(CCCC)(CCCC)CCCC.CCCCCCCCCCCCCCCCP(Br)(CCCC)(CCCC)CCCC. The van der Waals surface area contributed by atoms with Gasteiger partial charge >= 0.3 is 351 Å². The normalized spacial score (nSPS) is 13.4. The van der Waals surface area contributed by atoms with Crippen LogP contribution in [0.4, 0.5) is 0 Å². The van der Waals surface area contributed by atoms with Crippen LogP contribution in [0, 0.1) is 0 Å². The summed E-state index contributed by atoms with van der Waals surface area (Å²) in [6.45, 7) is 18.9. The number of hydrogen-bond donors (Lipinski definition) is 0. The maximum absolute atomic E-state index is 4.56. The second-order valence-electron chi connectivity index (χ2n) is 20.7. The second kappa shape index (κ2) is 44.6. The Kier molecular flexibility index (Phi) is 47.6. The molecule has 0 fully saturated rings. The zero-order valence-electron chi connectivity index (χ0n) is 43.6. The summed E-state index contributed by atoms with van der Waals surface area (Å²) in [5, 5.41) is -3.27. The molecule has 0 radical (unpaired) electrons. The van der Waals surface area contributed by atoms with E-state index in [1.165, 1.54) is 306 Å². The van der Waals surface area contributed by atoms with Crippen molar-refractivity contribution in [3.63, 3.8) is 0 Å². The van der Waals surface area contributed by atoms with Crippen LogP contribution in [-0.4, -0.2) is 49.3 Å². The third-order valence-electron chi connectivity index (χ3n) is 14.6. The first-order chi connectivity index (χ1) is 29.1. The molecule has 368 valence electrons. The van der Waals surface area contributed by atoms with E-state index in [4.69, 9.17) is 0 Å². The molecule has 0 nitrogen and oxygen atoms in total. The van der Waals surface area contributed by atoms with E-state index in [-0.39, 0.29) is 0 Å². The van der Waals surface area contributed by atoms with E-state index in [0.717, 1.165) is 0 Å². The Morgan fingerprint density at radius 1 is 0.167 bits per heavy atom. The van der Waals surface area contributed by atoms with E-state index in [1.807, 2.05) is 0 Å². The van der Waals surface area contributed by atoms with Crippen LogP contribution in [0.25, 0.3) is 0 Å². The molecule has 0 aliphatic rings. The fraction of sp³-hybridized carbons (Fsp3) is 1.00. The molecular weight excluding hydrogens is 894 g/mol. The number of hydrogen-bond acceptors (Lipinski definition) is 0. The summed E-state index contributed by atoms with van der Waals surface area (Å²) in [6.07, 6.45) is 70.1. The number of rotatable bonds is 48. The summed E-state index contributed by atoms with van der Waals surface area (Å²) in [4.78, 5) is 0. The Morgan fingerprint density at radius 3 is 0.433 bits per heavy atom. The monoisotopic (exact) mass is 1010 g/mol. The molecule has 0 aromatic heterocycles. The fourth-order valence-corrected chi connectivity index (χ4v) is 27.4. The molecule has 0 unspecified atom stereocenters. The van der Waals surface area contributed by atoms with E-state index in [2.05, 4.69) is 86.4 Å². The van der Waals surface area contributed by atoms with Gasteiger partial charge in [0.15, 0.2) is 0 Å². The van der Waals surface area contributed by atoms with Crippen LogP contribution in [-0.2, 0) is 0 Å². The van der Waals surface area contributed by atoms with Crippen LogP contribution in [0.2, 0.25) is 0 Å². The van der Waals surface area contributed by atoms with Gasteiger partial charge in [0.25, 0.3) is 0 Å². The molecule has 0 amide bonds. The van der Waals surface area contributed by atoms with Crippen molar-refractivity contribution in [2.24, 2.45) is 0 Å². The first kappa shape index (κ1) is 63.9. The summed E-state index contributed by atoms with van der Waals surface area (Å²) in [6, 6.07) is 0. The van der Waals surface area contributed by atoms with Gasteiger partial charge in [0, 0.05) is 0 Å². The van der Waals surface area contributed by atoms with Gasteiger partial charge in [-0.3, -0.25) is 0 Å². The number of unbranched alkanes of at least 4 members (excludes halogenated alkanes) is 32. The molecule has 0 saturated carbocycles. The standard InChI is InChI=1S/2C28H60BrP/c2*1-5-9-13-14-15-16-17-18-19-20-21-22-23-24-28-30(29,25-10-6-2,26-11-7-3)27-12-8-4/h2*5-28H2,1-4H3. The molecule has 0 aromatic carbocycles. The van der Waals surface area contributed by atoms with Crippen LogP contribution < -0.4 is 0 Å². The first-order valence-corrected chi connectivity index (χ1v) is 38.5. The predicted molar refractivity (Wildman–Crippen MR) is 301 cm³/mol. The van der Waals surface area contributed by atoms with Gasteiger partial charge in [0.2, 0.25) is 0 Å². The minimum absolute atomic E-state index is 1.36. The van der Waals surface area contributed by atoms with E-state index in [9.17, 15) is 0 Å². The van der Waals surface area contributed by atoms with Gasteiger partial charge in [-0.05, 0) is 0 Å². The Bertz CT molecular complexity index is 728. The van der Waals surface area contributed by atoms with Crippen molar-refractivity contribution in [2.75, 3.05) is 49.3 Å². The van der Waals surface area contributed by atoms with Crippen LogP contribution in [0.1, 0.15) is 312 Å². The quantitative estimate of drug-likeness (QED) is 0.0421. The van der Waals surface area contributed by atoms with Crippen molar-refractivity contribution in [1.29, 1.82) is 0 Å². The van der Waals surface area contributed by atoms with Crippen molar-refractivity contribution in [2.45, 2.75) is 312 Å². The molecule has 0 saturated heterocycles. The molecule has 0 atom stereocenters. The van der Waals surface area contributed by atoms with E-state index < -0.39 is 10.6 Å². The average molecular weight is 1020 g/mol. The van der Waals surface area contributed by atoms with Crippen molar-refractivity contribution in [3.8, 4) is 0 Å². The third kappa shape index (κ3) is 38.0. The molecule has 0 aromatic rings. The van der Waals surface area contributed by atoms with E-state index in [1.54, 1.807) is 0 Å². The predicted octanol–water partition coefficient (Wildman–Crippen LogP) is 23.5. The topological polar surface area (TPSA) is 0 Å². The summed E-state index contributed by atoms with van der Waals surface area (Å²) >= 11 is 9.13. The van der Waals surface area contributed by atoms with E-state index in [0.29, 0.717) is 0 Å². The molecule has 0 aliphatic heterocycles. The van der Waals surface area contributed by atoms with Crippen molar-refractivity contribution >= 4 is 41.6 Å². The molecule has 4 heteroatoms. The van der Waals surface area contributed by atoms with Crippen molar-refractivity contribution in [1.82, 2.24) is 0 Å². The molecule has 60 heavy (non-hydrogen) atoms. The molecule has 0 heterocycles. The van der Waals surface area contributed by atoms with Crippen molar-refractivity contribution in [3.05, 3.63) is 0 Å². The number of halogens is 2. The first-order valence-electron chi connectivity index (χ1n) is 28.5. The van der Waals surface area contributed by atoms with Crippen LogP contribution in [0.15, 0.2) is 0 Å².